The summed E-state index contributed by atoms with van der Waals surface area (Å²) in [5.41, 5.74) is 2.56. The SMILES string of the molecule is N#Cc1cccc2[nH]c(-c3c(Cl)cccc3Cl)nc12. The molecule has 92 valence electrons. The predicted octanol–water partition coefficient (Wildman–Crippen LogP) is 4.41. The van der Waals surface area contributed by atoms with E-state index >= 15 is 0 Å². The van der Waals surface area contributed by atoms with Gasteiger partial charge in [-0.25, -0.2) is 4.98 Å². The molecule has 1 aromatic heterocycles. The second-order valence-electron chi connectivity index (χ2n) is 4.00. The van der Waals surface area contributed by atoms with Crippen LogP contribution in [0, 0.1) is 11.3 Å². The van der Waals surface area contributed by atoms with Gasteiger partial charge >= 0.3 is 0 Å². The summed E-state index contributed by atoms with van der Waals surface area (Å²) >= 11 is 12.3. The van der Waals surface area contributed by atoms with Gasteiger partial charge < -0.3 is 4.98 Å². The van der Waals surface area contributed by atoms with Crippen molar-refractivity contribution < 1.29 is 0 Å². The molecule has 0 aliphatic heterocycles. The third-order valence-electron chi connectivity index (χ3n) is 2.83. The van der Waals surface area contributed by atoms with E-state index in [-0.39, 0.29) is 0 Å². The standard InChI is InChI=1S/C14H7Cl2N3/c15-9-4-2-5-10(16)12(9)14-18-11-6-1-3-8(7-17)13(11)19-14/h1-6H,(H,18,19). The summed E-state index contributed by atoms with van der Waals surface area (Å²) in [5, 5.41) is 10.1. The molecule has 1 heterocycles. The molecule has 5 heteroatoms. The summed E-state index contributed by atoms with van der Waals surface area (Å²) in [5.74, 6) is 0.563. The van der Waals surface area contributed by atoms with Crippen LogP contribution in [0.15, 0.2) is 36.4 Å². The quantitative estimate of drug-likeness (QED) is 0.721. The lowest BCUT2D eigenvalue weighted by Gasteiger charge is -2.02. The zero-order valence-corrected chi connectivity index (χ0v) is 11.1. The zero-order chi connectivity index (χ0) is 13.4. The Labute approximate surface area is 119 Å². The van der Waals surface area contributed by atoms with Crippen LogP contribution in [0.1, 0.15) is 5.56 Å². The monoisotopic (exact) mass is 287 g/mol. The smallest absolute Gasteiger partial charge is 0.141 e. The summed E-state index contributed by atoms with van der Waals surface area (Å²) in [6.07, 6.45) is 0. The van der Waals surface area contributed by atoms with Crippen molar-refractivity contribution in [3.05, 3.63) is 52.0 Å². The maximum atomic E-state index is 9.07. The van der Waals surface area contributed by atoms with Gasteiger partial charge in [-0.2, -0.15) is 5.26 Å². The first-order chi connectivity index (χ1) is 9.20. The highest BCUT2D eigenvalue weighted by Crippen LogP contribution is 2.34. The summed E-state index contributed by atoms with van der Waals surface area (Å²) in [6.45, 7) is 0. The summed E-state index contributed by atoms with van der Waals surface area (Å²) in [7, 11) is 0. The number of H-pyrrole nitrogens is 1. The number of fused-ring (bicyclic) bond motifs is 1. The molecule has 0 radical (unpaired) electrons. The van der Waals surface area contributed by atoms with Gasteiger partial charge in [-0.3, -0.25) is 0 Å². The Morgan fingerprint density at radius 2 is 1.74 bits per heavy atom. The number of aromatic nitrogens is 2. The Bertz CT molecular complexity index is 795. The fourth-order valence-electron chi connectivity index (χ4n) is 1.96. The number of nitriles is 1. The second kappa shape index (κ2) is 4.58. The number of benzene rings is 2. The van der Waals surface area contributed by atoms with Crippen molar-refractivity contribution in [2.24, 2.45) is 0 Å². The van der Waals surface area contributed by atoms with Crippen LogP contribution in [0.5, 0.6) is 0 Å². The molecule has 2 aromatic carbocycles. The first kappa shape index (κ1) is 12.0. The van der Waals surface area contributed by atoms with Gasteiger partial charge in [0.1, 0.15) is 17.4 Å². The molecule has 0 amide bonds. The highest BCUT2D eigenvalue weighted by atomic mass is 35.5. The average Bonchev–Trinajstić information content (AvgIpc) is 2.81. The van der Waals surface area contributed by atoms with Crippen molar-refractivity contribution in [2.45, 2.75) is 0 Å². The summed E-state index contributed by atoms with van der Waals surface area (Å²) in [4.78, 5) is 7.57. The Morgan fingerprint density at radius 1 is 1.05 bits per heavy atom. The molecule has 0 bridgehead atoms. The van der Waals surface area contributed by atoms with Crippen LogP contribution in [-0.4, -0.2) is 9.97 Å². The predicted molar refractivity (Wildman–Crippen MR) is 76.3 cm³/mol. The van der Waals surface area contributed by atoms with Crippen molar-refractivity contribution in [1.29, 1.82) is 5.26 Å². The molecule has 0 aliphatic carbocycles. The van der Waals surface area contributed by atoms with Crippen molar-refractivity contribution in [1.82, 2.24) is 9.97 Å². The molecule has 1 N–H and O–H groups in total. The molecule has 0 unspecified atom stereocenters. The van der Waals surface area contributed by atoms with Gasteiger partial charge in [0, 0.05) is 0 Å². The molecule has 0 saturated heterocycles. The Morgan fingerprint density at radius 3 is 2.42 bits per heavy atom. The molecule has 0 fully saturated rings. The lowest BCUT2D eigenvalue weighted by molar-refractivity contribution is 1.33. The highest BCUT2D eigenvalue weighted by Gasteiger charge is 2.14. The van der Waals surface area contributed by atoms with E-state index in [2.05, 4.69) is 16.0 Å². The van der Waals surface area contributed by atoms with E-state index in [1.807, 2.05) is 6.07 Å². The van der Waals surface area contributed by atoms with E-state index in [4.69, 9.17) is 28.5 Å². The number of rotatable bonds is 1. The third-order valence-corrected chi connectivity index (χ3v) is 3.46. The molecule has 3 rings (SSSR count). The van der Waals surface area contributed by atoms with Gasteiger partial charge in [-0.15, -0.1) is 0 Å². The van der Waals surface area contributed by atoms with Gasteiger partial charge in [0.15, 0.2) is 0 Å². The number of aromatic amines is 1. The number of nitrogens with zero attached hydrogens (tertiary/aromatic N) is 2. The van der Waals surface area contributed by atoms with Gasteiger partial charge in [0.05, 0.1) is 26.7 Å². The normalized spacial score (nSPS) is 10.6. The van der Waals surface area contributed by atoms with E-state index in [1.165, 1.54) is 0 Å². The van der Waals surface area contributed by atoms with E-state index < -0.39 is 0 Å². The molecule has 0 atom stereocenters. The maximum Gasteiger partial charge on any atom is 0.141 e. The Balaban J connectivity index is 2.31. The van der Waals surface area contributed by atoms with Gasteiger partial charge in [-0.05, 0) is 24.3 Å². The fraction of sp³-hybridized carbons (Fsp3) is 0. The number of imidazole rings is 1. The van der Waals surface area contributed by atoms with Crippen LogP contribution in [0.25, 0.3) is 22.4 Å². The Kier molecular flexibility index (Phi) is 2.90. The largest absolute Gasteiger partial charge is 0.338 e. The number of halogens is 2. The lowest BCUT2D eigenvalue weighted by Crippen LogP contribution is -1.83. The molecule has 3 aromatic rings. The number of hydrogen-bond acceptors (Lipinski definition) is 2. The minimum Gasteiger partial charge on any atom is -0.338 e. The van der Waals surface area contributed by atoms with Crippen LogP contribution in [-0.2, 0) is 0 Å². The lowest BCUT2D eigenvalue weighted by atomic mass is 10.2. The van der Waals surface area contributed by atoms with E-state index in [0.717, 1.165) is 5.52 Å². The zero-order valence-electron chi connectivity index (χ0n) is 9.61. The van der Waals surface area contributed by atoms with Crippen LogP contribution in [0.3, 0.4) is 0 Å². The first-order valence-corrected chi connectivity index (χ1v) is 6.29. The number of para-hydroxylation sites is 1. The highest BCUT2D eigenvalue weighted by molar-refractivity contribution is 6.39. The Hall–Kier alpha value is -2.02. The minimum absolute atomic E-state index is 0.517. The van der Waals surface area contributed by atoms with Crippen LogP contribution in [0.2, 0.25) is 10.0 Å². The molecule has 3 nitrogen and oxygen atoms in total. The number of hydrogen-bond donors (Lipinski definition) is 1. The van der Waals surface area contributed by atoms with Crippen molar-refractivity contribution in [3.63, 3.8) is 0 Å². The average molecular weight is 288 g/mol. The molecule has 19 heavy (non-hydrogen) atoms. The molecule has 0 aliphatic rings. The minimum atomic E-state index is 0.517. The van der Waals surface area contributed by atoms with Crippen LogP contribution >= 0.6 is 23.2 Å². The summed E-state index contributed by atoms with van der Waals surface area (Å²) in [6, 6.07) is 12.8. The number of nitrogens with one attached hydrogen (secondary N) is 1. The van der Waals surface area contributed by atoms with Crippen molar-refractivity contribution in [2.75, 3.05) is 0 Å². The maximum absolute atomic E-state index is 9.07. The molecule has 0 spiro atoms. The molecule has 0 saturated carbocycles. The van der Waals surface area contributed by atoms with Crippen molar-refractivity contribution >= 4 is 34.2 Å². The molecular weight excluding hydrogens is 281 g/mol. The second-order valence-corrected chi connectivity index (χ2v) is 4.81. The van der Waals surface area contributed by atoms with Crippen LogP contribution < -0.4 is 0 Å². The van der Waals surface area contributed by atoms with E-state index in [1.54, 1.807) is 30.3 Å². The van der Waals surface area contributed by atoms with Gasteiger partial charge in [0.25, 0.3) is 0 Å². The fourth-order valence-corrected chi connectivity index (χ4v) is 2.54. The van der Waals surface area contributed by atoms with E-state index in [9.17, 15) is 0 Å². The van der Waals surface area contributed by atoms with E-state index in [0.29, 0.717) is 32.5 Å². The first-order valence-electron chi connectivity index (χ1n) is 5.54. The van der Waals surface area contributed by atoms with Crippen LogP contribution in [0.4, 0.5) is 0 Å². The topological polar surface area (TPSA) is 52.5 Å². The summed E-state index contributed by atoms with van der Waals surface area (Å²) < 4.78 is 0. The van der Waals surface area contributed by atoms with Gasteiger partial charge in [0.2, 0.25) is 0 Å². The van der Waals surface area contributed by atoms with Crippen molar-refractivity contribution in [3.8, 4) is 17.5 Å². The molecular formula is C14H7Cl2N3. The van der Waals surface area contributed by atoms with Gasteiger partial charge in [-0.1, -0.05) is 35.3 Å². The third kappa shape index (κ3) is 1.95.